The van der Waals surface area contributed by atoms with Gasteiger partial charge in [-0.25, -0.2) is 0 Å². The van der Waals surface area contributed by atoms with E-state index in [1.807, 2.05) is 30.3 Å². The first-order valence-corrected chi connectivity index (χ1v) is 7.93. The van der Waals surface area contributed by atoms with Gasteiger partial charge in [0, 0.05) is 18.5 Å². The summed E-state index contributed by atoms with van der Waals surface area (Å²) in [6.45, 7) is 4.85. The molecule has 5 heteroatoms. The van der Waals surface area contributed by atoms with Gasteiger partial charge in [-0.1, -0.05) is 30.3 Å². The number of ether oxygens (including phenoxy) is 2. The summed E-state index contributed by atoms with van der Waals surface area (Å²) >= 11 is 0. The lowest BCUT2D eigenvalue weighted by Crippen LogP contribution is -2.41. The Kier molecular flexibility index (Phi) is 7.62. The molecule has 1 rings (SSSR count). The monoisotopic (exact) mass is 321 g/mol. The number of nitrogens with one attached hydrogen (secondary N) is 1. The number of benzene rings is 1. The second kappa shape index (κ2) is 9.20. The van der Waals surface area contributed by atoms with Gasteiger partial charge in [0.2, 0.25) is 5.76 Å². The molecule has 1 aromatic carbocycles. The first-order valence-electron chi connectivity index (χ1n) is 7.93. The van der Waals surface area contributed by atoms with E-state index in [2.05, 4.69) is 26.3 Å². The van der Waals surface area contributed by atoms with Gasteiger partial charge >= 0.3 is 0 Å². The average Bonchev–Trinajstić information content (AvgIpc) is 2.57. The Balaban J connectivity index is 2.72. The zero-order chi connectivity index (χ0) is 17.3. The first kappa shape index (κ1) is 19.0. The Bertz CT molecular complexity index is 524. The van der Waals surface area contributed by atoms with Crippen LogP contribution in [0.15, 0.2) is 36.1 Å². The van der Waals surface area contributed by atoms with Crippen molar-refractivity contribution in [1.29, 1.82) is 0 Å². The van der Waals surface area contributed by atoms with Gasteiger partial charge in [-0.2, -0.15) is 0 Å². The summed E-state index contributed by atoms with van der Waals surface area (Å²) in [5.74, 6) is 0.383. The number of hydrogen-bond acceptors (Lipinski definition) is 3. The molecule has 128 valence electrons. The topological polar surface area (TPSA) is 47.6 Å². The molecule has 0 aliphatic heterocycles. The van der Waals surface area contributed by atoms with Gasteiger partial charge in [-0.05, 0) is 6.92 Å². The van der Waals surface area contributed by atoms with Gasteiger partial charge in [0.25, 0.3) is 5.91 Å². The molecule has 1 N–H and O–H groups in total. The molecule has 1 aromatic rings. The largest absolute Gasteiger partial charge is 0.492 e. The van der Waals surface area contributed by atoms with Gasteiger partial charge in [0.05, 0.1) is 41.4 Å². The number of amides is 1. The molecule has 23 heavy (non-hydrogen) atoms. The average molecular weight is 321 g/mol. The summed E-state index contributed by atoms with van der Waals surface area (Å²) in [5, 5.41) is 2.90. The van der Waals surface area contributed by atoms with E-state index in [0.29, 0.717) is 12.3 Å². The maximum absolute atomic E-state index is 12.4. The second-order valence-corrected chi connectivity index (χ2v) is 6.02. The van der Waals surface area contributed by atoms with Crippen LogP contribution < -0.4 is 5.32 Å². The van der Waals surface area contributed by atoms with E-state index in [-0.39, 0.29) is 11.7 Å². The smallest absolute Gasteiger partial charge is 0.290 e. The van der Waals surface area contributed by atoms with Crippen LogP contribution in [0.4, 0.5) is 0 Å². The van der Waals surface area contributed by atoms with Crippen LogP contribution in [-0.2, 0) is 14.3 Å². The van der Waals surface area contributed by atoms with E-state index in [9.17, 15) is 4.79 Å². The van der Waals surface area contributed by atoms with E-state index in [0.717, 1.165) is 29.6 Å². The van der Waals surface area contributed by atoms with E-state index in [4.69, 9.17) is 9.47 Å². The zero-order valence-electron chi connectivity index (χ0n) is 14.9. The van der Waals surface area contributed by atoms with Gasteiger partial charge in [0.15, 0.2) is 5.76 Å². The molecule has 0 aromatic heterocycles. The maximum Gasteiger partial charge on any atom is 0.290 e. The zero-order valence-corrected chi connectivity index (χ0v) is 14.9. The molecule has 1 amide bonds. The summed E-state index contributed by atoms with van der Waals surface area (Å²) in [7, 11) is 7.38. The van der Waals surface area contributed by atoms with E-state index >= 15 is 0 Å². The summed E-state index contributed by atoms with van der Waals surface area (Å²) in [6.07, 6.45) is 0.914. The van der Waals surface area contributed by atoms with Crippen molar-refractivity contribution in [2.75, 3.05) is 47.9 Å². The van der Waals surface area contributed by atoms with E-state index < -0.39 is 0 Å². The molecule has 0 saturated heterocycles. The molecule has 0 fully saturated rings. The number of carbonyl (C=O) groups excluding carboxylic acids is 1. The lowest BCUT2D eigenvalue weighted by molar-refractivity contribution is -0.888. The van der Waals surface area contributed by atoms with E-state index in [1.54, 1.807) is 0 Å². The molecule has 0 bridgehead atoms. The van der Waals surface area contributed by atoms with Crippen LogP contribution in [0.2, 0.25) is 0 Å². The number of rotatable bonds is 9. The van der Waals surface area contributed by atoms with Gasteiger partial charge in [-0.15, -0.1) is 0 Å². The molecule has 0 aliphatic carbocycles. The summed E-state index contributed by atoms with van der Waals surface area (Å²) in [6, 6.07) is 9.46. The lowest BCUT2D eigenvalue weighted by atomic mass is 10.1. The van der Waals surface area contributed by atoms with E-state index in [1.165, 1.54) is 14.2 Å². The van der Waals surface area contributed by atoms with Crippen molar-refractivity contribution in [2.45, 2.75) is 13.3 Å². The number of nitrogens with zero attached hydrogens (tertiary/aromatic N) is 1. The second-order valence-electron chi connectivity index (χ2n) is 6.02. The van der Waals surface area contributed by atoms with Crippen LogP contribution in [0.5, 0.6) is 0 Å². The molecule has 0 aliphatic rings. The number of methoxy groups -OCH3 is 2. The number of hydrogen-bond donors (Lipinski definition) is 1. The third-order valence-corrected chi connectivity index (χ3v) is 3.94. The number of carbonyl (C=O) groups is 1. The van der Waals surface area contributed by atoms with Crippen molar-refractivity contribution in [2.24, 2.45) is 0 Å². The van der Waals surface area contributed by atoms with Crippen molar-refractivity contribution < 1.29 is 18.8 Å². The highest BCUT2D eigenvalue weighted by Crippen LogP contribution is 2.20. The third-order valence-electron chi connectivity index (χ3n) is 3.94. The SMILES string of the molecule is CC[N+](C)(C)CCCNC(=O)C(OC)=C(OC)c1ccccc1. The molecule has 0 spiro atoms. The van der Waals surface area contributed by atoms with Crippen LogP contribution >= 0.6 is 0 Å². The Morgan fingerprint density at radius 2 is 1.78 bits per heavy atom. The Hall–Kier alpha value is -2.01. The Labute approximate surface area is 139 Å². The van der Waals surface area contributed by atoms with Gasteiger partial charge in [0.1, 0.15) is 0 Å². The minimum Gasteiger partial charge on any atom is -0.492 e. The van der Waals surface area contributed by atoms with Crippen LogP contribution in [0.3, 0.4) is 0 Å². The Morgan fingerprint density at radius 3 is 2.30 bits per heavy atom. The minimum absolute atomic E-state index is 0.197. The van der Waals surface area contributed by atoms with Crippen LogP contribution in [0.1, 0.15) is 18.9 Å². The molecule has 0 heterocycles. The highest BCUT2D eigenvalue weighted by molar-refractivity contribution is 5.97. The first-order chi connectivity index (χ1) is 10.9. The van der Waals surface area contributed by atoms with Gasteiger partial charge < -0.3 is 19.3 Å². The fourth-order valence-electron chi connectivity index (χ4n) is 2.17. The van der Waals surface area contributed by atoms with Crippen LogP contribution in [0, 0.1) is 0 Å². The summed E-state index contributed by atoms with van der Waals surface area (Å²) in [5.41, 5.74) is 0.811. The van der Waals surface area contributed by atoms with Crippen molar-refractivity contribution in [3.05, 3.63) is 41.7 Å². The van der Waals surface area contributed by atoms with Crippen molar-refractivity contribution in [3.63, 3.8) is 0 Å². The predicted molar refractivity (Wildman–Crippen MR) is 92.5 cm³/mol. The molecule has 0 atom stereocenters. The van der Waals surface area contributed by atoms with Crippen LogP contribution in [-0.4, -0.2) is 58.3 Å². The number of quaternary nitrogens is 1. The molecule has 0 saturated carbocycles. The van der Waals surface area contributed by atoms with Gasteiger partial charge in [-0.3, -0.25) is 4.79 Å². The Morgan fingerprint density at radius 1 is 1.13 bits per heavy atom. The maximum atomic E-state index is 12.4. The molecular formula is C18H29N2O3+. The van der Waals surface area contributed by atoms with Crippen LogP contribution in [0.25, 0.3) is 5.76 Å². The minimum atomic E-state index is -0.255. The normalized spacial score (nSPS) is 12.4. The predicted octanol–water partition coefficient (Wildman–Crippen LogP) is 2.25. The molecule has 0 radical (unpaired) electrons. The fraction of sp³-hybridized carbons (Fsp3) is 0.500. The standard InChI is InChI=1S/C18H28N2O3/c1-6-20(2,3)14-10-13-19-18(21)17(23-5)16(22-4)15-11-8-7-9-12-15/h7-9,11-12H,6,10,13-14H2,1-5H3/p+1. The quantitative estimate of drug-likeness (QED) is 0.328. The third kappa shape index (κ3) is 5.94. The molecular weight excluding hydrogens is 292 g/mol. The highest BCUT2D eigenvalue weighted by atomic mass is 16.5. The van der Waals surface area contributed by atoms with Crippen molar-refractivity contribution >= 4 is 11.7 Å². The molecule has 0 unspecified atom stereocenters. The van der Waals surface area contributed by atoms with Crippen molar-refractivity contribution in [3.8, 4) is 0 Å². The highest BCUT2D eigenvalue weighted by Gasteiger charge is 2.19. The van der Waals surface area contributed by atoms with Crippen molar-refractivity contribution in [1.82, 2.24) is 5.32 Å². The lowest BCUT2D eigenvalue weighted by Gasteiger charge is -2.28. The summed E-state index contributed by atoms with van der Waals surface area (Å²) < 4.78 is 11.6. The summed E-state index contributed by atoms with van der Waals surface area (Å²) in [4.78, 5) is 12.4. The molecule has 5 nitrogen and oxygen atoms in total. The fourth-order valence-corrected chi connectivity index (χ4v) is 2.17.